The number of amidine groups is 1. The van der Waals surface area contributed by atoms with Crippen molar-refractivity contribution in [3.05, 3.63) is 116 Å². The molecule has 3 aromatic carbocycles. The van der Waals surface area contributed by atoms with Crippen molar-refractivity contribution >= 4 is 46.4 Å². The summed E-state index contributed by atoms with van der Waals surface area (Å²) in [6.07, 6.45) is 0.518. The van der Waals surface area contributed by atoms with Gasteiger partial charge in [0.25, 0.3) is 0 Å². The van der Waals surface area contributed by atoms with Gasteiger partial charge >= 0.3 is 11.9 Å². The molecule has 270 valence electrons. The molecule has 1 unspecified atom stereocenters. The summed E-state index contributed by atoms with van der Waals surface area (Å²) in [7, 11) is 1.26. The summed E-state index contributed by atoms with van der Waals surface area (Å²) < 4.78 is 54.3. The van der Waals surface area contributed by atoms with Crippen molar-refractivity contribution in [2.45, 2.75) is 18.4 Å². The number of fused-ring (bicyclic) bond motifs is 1. The molecule has 7 rings (SSSR count). The molecule has 0 amide bonds. The smallest absolute Gasteiger partial charge is 0.338 e. The highest BCUT2D eigenvalue weighted by molar-refractivity contribution is 7.11. The van der Waals surface area contributed by atoms with Crippen molar-refractivity contribution in [3.63, 3.8) is 0 Å². The fraction of sp³-hybridized carbons (Fsp3) is 0.257. The highest BCUT2D eigenvalue weighted by atomic mass is 35.5. The van der Waals surface area contributed by atoms with E-state index in [2.05, 4.69) is 15.2 Å². The number of halogens is 4. The Balaban J connectivity index is 1.13. The standard InChI is InChI=1S/C35H30ClF3N6O6S/c1-50-34(48)29-27(41-31(32-40-6-9-52-32)42-30(29)24-4-3-19(37)13-25(24)36)17-43-7-8-44-22(15-43)16-45(35(44)49)21-11-20(38)12-23(14-21)51-28-5-2-18(33(46)47)10-26(28)39/h2-6,9-14,22,30,35,49H,7-8,15-17H2,1H3,(H,41,42)(H,46,47)/t22-,30-,35?/m0/s1. The highest BCUT2D eigenvalue weighted by Crippen LogP contribution is 2.38. The van der Waals surface area contributed by atoms with Crippen LogP contribution in [0.5, 0.6) is 11.5 Å². The number of benzene rings is 3. The van der Waals surface area contributed by atoms with E-state index in [0.29, 0.717) is 47.4 Å². The number of aromatic carboxylic acids is 1. The van der Waals surface area contributed by atoms with Crippen LogP contribution in [-0.2, 0) is 9.53 Å². The minimum atomic E-state index is -1.31. The zero-order valence-electron chi connectivity index (χ0n) is 27.3. The molecular weight excluding hydrogens is 725 g/mol. The average Bonchev–Trinajstić information content (AvgIpc) is 3.77. The molecule has 12 nitrogen and oxygen atoms in total. The molecule has 3 N–H and O–H groups in total. The van der Waals surface area contributed by atoms with Crippen molar-refractivity contribution < 1.29 is 42.4 Å². The number of aliphatic hydroxyl groups excluding tert-OH is 1. The summed E-state index contributed by atoms with van der Waals surface area (Å²) in [5.74, 6) is -4.03. The Bertz CT molecular complexity index is 2100. The number of rotatable bonds is 9. The molecule has 3 atom stereocenters. The number of aromatic nitrogens is 1. The monoisotopic (exact) mass is 754 g/mol. The summed E-state index contributed by atoms with van der Waals surface area (Å²) in [5, 5.41) is 26.2. The van der Waals surface area contributed by atoms with E-state index < -0.39 is 41.8 Å². The number of carbonyl (C=O) groups is 2. The number of esters is 1. The van der Waals surface area contributed by atoms with Crippen LogP contribution in [0.25, 0.3) is 0 Å². The van der Waals surface area contributed by atoms with Crippen molar-refractivity contribution in [2.24, 2.45) is 4.99 Å². The van der Waals surface area contributed by atoms with Gasteiger partial charge in [0.1, 0.15) is 23.4 Å². The lowest BCUT2D eigenvalue weighted by Crippen LogP contribution is -2.54. The first-order chi connectivity index (χ1) is 25.0. The number of carbonyl (C=O) groups excluding carboxylic acids is 1. The van der Waals surface area contributed by atoms with E-state index in [9.17, 15) is 27.9 Å². The Kier molecular flexibility index (Phi) is 9.91. The van der Waals surface area contributed by atoms with Crippen molar-refractivity contribution in [1.82, 2.24) is 20.1 Å². The minimum absolute atomic E-state index is 0.0464. The number of anilines is 1. The van der Waals surface area contributed by atoms with Gasteiger partial charge in [-0.3, -0.25) is 14.8 Å². The Morgan fingerprint density at radius 1 is 1.06 bits per heavy atom. The van der Waals surface area contributed by atoms with Crippen LogP contribution in [0.4, 0.5) is 18.9 Å². The van der Waals surface area contributed by atoms with Gasteiger partial charge < -0.3 is 29.9 Å². The van der Waals surface area contributed by atoms with Crippen LogP contribution in [0.3, 0.4) is 0 Å². The number of carboxylic acids is 1. The average molecular weight is 755 g/mol. The first-order valence-corrected chi connectivity index (χ1v) is 17.2. The summed E-state index contributed by atoms with van der Waals surface area (Å²) >= 11 is 7.83. The van der Waals surface area contributed by atoms with E-state index >= 15 is 0 Å². The third-order valence-electron chi connectivity index (χ3n) is 8.99. The lowest BCUT2D eigenvalue weighted by atomic mass is 9.95. The first kappa shape index (κ1) is 35.4. The predicted molar refractivity (Wildman–Crippen MR) is 185 cm³/mol. The van der Waals surface area contributed by atoms with E-state index in [1.54, 1.807) is 16.5 Å². The Morgan fingerprint density at radius 3 is 2.60 bits per heavy atom. The van der Waals surface area contributed by atoms with Gasteiger partial charge in [-0.1, -0.05) is 17.7 Å². The Labute approximate surface area is 304 Å². The minimum Gasteiger partial charge on any atom is -0.478 e. The topological polar surface area (TPSA) is 140 Å². The van der Waals surface area contributed by atoms with E-state index in [-0.39, 0.29) is 46.8 Å². The van der Waals surface area contributed by atoms with Gasteiger partial charge in [-0.2, -0.15) is 0 Å². The molecule has 3 aliphatic heterocycles. The molecule has 0 saturated carbocycles. The molecule has 17 heteroatoms. The quantitative estimate of drug-likeness (QED) is 0.199. The molecule has 4 heterocycles. The molecule has 2 saturated heterocycles. The van der Waals surface area contributed by atoms with Gasteiger partial charge in [-0.15, -0.1) is 11.3 Å². The maximum absolute atomic E-state index is 14.9. The van der Waals surface area contributed by atoms with Crippen LogP contribution in [0.2, 0.25) is 5.02 Å². The second kappa shape index (κ2) is 14.6. The van der Waals surface area contributed by atoms with Crippen molar-refractivity contribution in [3.8, 4) is 11.5 Å². The van der Waals surface area contributed by atoms with E-state index in [0.717, 1.165) is 24.3 Å². The molecule has 0 bridgehead atoms. The molecule has 2 fully saturated rings. The molecule has 52 heavy (non-hydrogen) atoms. The van der Waals surface area contributed by atoms with Crippen LogP contribution in [-0.4, -0.2) is 95.0 Å². The van der Waals surface area contributed by atoms with Crippen LogP contribution < -0.4 is 15.0 Å². The van der Waals surface area contributed by atoms with Gasteiger partial charge in [0.05, 0.1) is 18.2 Å². The third kappa shape index (κ3) is 7.07. The number of hydrogen-bond donors (Lipinski definition) is 3. The maximum Gasteiger partial charge on any atom is 0.338 e. The first-order valence-electron chi connectivity index (χ1n) is 15.9. The van der Waals surface area contributed by atoms with Crippen LogP contribution >= 0.6 is 22.9 Å². The van der Waals surface area contributed by atoms with Gasteiger partial charge in [0, 0.05) is 84.4 Å². The number of methoxy groups -OCH3 is 1. The SMILES string of the molecule is COC(=O)C1=C(CN2CCN3C(O)N(c4cc(F)cc(Oc5ccc(C(=O)O)cc5F)c4)C[C@@H]3C2)NC(c2nccs2)=N[C@H]1c1ccc(F)cc1Cl. The Hall–Kier alpha value is -5.00. The number of nitrogens with zero attached hydrogens (tertiary/aromatic N) is 5. The predicted octanol–water partition coefficient (Wildman–Crippen LogP) is 5.00. The van der Waals surface area contributed by atoms with Gasteiger partial charge in [0.15, 0.2) is 28.8 Å². The number of piperazine rings is 1. The van der Waals surface area contributed by atoms with Gasteiger partial charge in [-0.05, 0) is 36.4 Å². The molecule has 3 aliphatic rings. The van der Waals surface area contributed by atoms with Gasteiger partial charge in [-0.25, -0.2) is 27.7 Å². The third-order valence-corrected chi connectivity index (χ3v) is 10.1. The van der Waals surface area contributed by atoms with Crippen LogP contribution in [0, 0.1) is 17.5 Å². The van der Waals surface area contributed by atoms with Crippen LogP contribution in [0.15, 0.2) is 82.4 Å². The zero-order valence-corrected chi connectivity index (χ0v) is 28.9. The summed E-state index contributed by atoms with van der Waals surface area (Å²) in [4.78, 5) is 39.3. The Morgan fingerprint density at radius 2 is 1.88 bits per heavy atom. The molecule has 0 aliphatic carbocycles. The van der Waals surface area contributed by atoms with Crippen LogP contribution in [0.1, 0.15) is 27.0 Å². The molecular formula is C35H30ClF3N6O6S. The zero-order chi connectivity index (χ0) is 36.7. The molecule has 0 spiro atoms. The lowest BCUT2D eigenvalue weighted by molar-refractivity contribution is -0.136. The number of nitrogens with one attached hydrogen (secondary N) is 1. The second-order valence-electron chi connectivity index (χ2n) is 12.2. The molecule has 0 radical (unpaired) electrons. The number of aliphatic imine (C=N–C) groups is 1. The normalized spacial score (nSPS) is 20.7. The molecule has 4 aromatic rings. The second-order valence-corrected chi connectivity index (χ2v) is 13.5. The van der Waals surface area contributed by atoms with Crippen molar-refractivity contribution in [2.75, 3.05) is 44.7 Å². The maximum atomic E-state index is 14.9. The number of hydrogen-bond acceptors (Lipinski definition) is 12. The fourth-order valence-corrected chi connectivity index (χ4v) is 7.45. The van der Waals surface area contributed by atoms with Gasteiger partial charge in [0.2, 0.25) is 0 Å². The number of thiazole rings is 1. The summed E-state index contributed by atoms with van der Waals surface area (Å²) in [5.41, 5.74) is 1.14. The fourth-order valence-electron chi connectivity index (χ4n) is 6.59. The summed E-state index contributed by atoms with van der Waals surface area (Å²) in [6, 6.07) is 9.63. The summed E-state index contributed by atoms with van der Waals surface area (Å²) in [6.45, 7) is 1.88. The highest BCUT2D eigenvalue weighted by Gasteiger charge is 2.43. The largest absolute Gasteiger partial charge is 0.478 e. The lowest BCUT2D eigenvalue weighted by Gasteiger charge is -2.39. The number of ether oxygens (including phenoxy) is 2. The molecule has 1 aromatic heterocycles. The number of aliphatic hydroxyl groups is 1. The van der Waals surface area contributed by atoms with E-state index in [4.69, 9.17) is 31.2 Å². The van der Waals surface area contributed by atoms with E-state index in [1.807, 2.05) is 4.90 Å². The van der Waals surface area contributed by atoms with E-state index in [1.165, 1.54) is 48.8 Å². The number of carboxylic acid groups (broad SMARTS) is 1. The van der Waals surface area contributed by atoms with Crippen molar-refractivity contribution in [1.29, 1.82) is 0 Å².